The lowest BCUT2D eigenvalue weighted by Crippen LogP contribution is -2.39. The van der Waals surface area contributed by atoms with Crippen molar-refractivity contribution in [2.75, 3.05) is 27.2 Å². The van der Waals surface area contributed by atoms with E-state index in [-0.39, 0.29) is 23.7 Å². The van der Waals surface area contributed by atoms with Crippen molar-refractivity contribution in [1.82, 2.24) is 4.90 Å². The van der Waals surface area contributed by atoms with Crippen LogP contribution in [-0.4, -0.2) is 38.1 Å². The van der Waals surface area contributed by atoms with E-state index >= 15 is 0 Å². The maximum atomic E-state index is 12.3. The van der Waals surface area contributed by atoms with Crippen molar-refractivity contribution in [3.05, 3.63) is 29.8 Å². The number of rotatable bonds is 5. The maximum absolute atomic E-state index is 12.3. The van der Waals surface area contributed by atoms with Gasteiger partial charge >= 0.3 is 0 Å². The normalized spacial score (nSPS) is 10.6. The fourth-order valence-corrected chi connectivity index (χ4v) is 1.81. The second-order valence-electron chi connectivity index (χ2n) is 5.23. The monoisotopic (exact) mass is 286 g/mol. The van der Waals surface area contributed by atoms with Gasteiger partial charge in [0.1, 0.15) is 5.75 Å². The predicted octanol–water partition coefficient (Wildman–Crippen LogP) is 2.17. The van der Waals surface area contributed by atoms with Gasteiger partial charge in [-0.3, -0.25) is 4.79 Å². The van der Waals surface area contributed by atoms with E-state index in [0.29, 0.717) is 24.4 Å². The molecule has 0 spiro atoms. The highest BCUT2D eigenvalue weighted by Crippen LogP contribution is 2.21. The quantitative estimate of drug-likeness (QED) is 0.902. The Labute approximate surface area is 121 Å². The van der Waals surface area contributed by atoms with Crippen LogP contribution in [0.4, 0.5) is 0 Å². The van der Waals surface area contributed by atoms with Gasteiger partial charge < -0.3 is 15.4 Å². The molecule has 0 radical (unpaired) electrons. The van der Waals surface area contributed by atoms with Crippen LogP contribution in [0.2, 0.25) is 0 Å². The molecule has 0 saturated heterocycles. The third-order valence-corrected chi connectivity index (χ3v) is 2.90. The zero-order valence-corrected chi connectivity index (χ0v) is 12.8. The lowest BCUT2D eigenvalue weighted by molar-refractivity contribution is 0.0737. The number of hydrogen-bond acceptors (Lipinski definition) is 3. The van der Waals surface area contributed by atoms with Crippen molar-refractivity contribution in [3.63, 3.8) is 0 Å². The summed E-state index contributed by atoms with van der Waals surface area (Å²) in [4.78, 5) is 14.0. The summed E-state index contributed by atoms with van der Waals surface area (Å²) in [6.45, 7) is 5.23. The highest BCUT2D eigenvalue weighted by molar-refractivity contribution is 5.96. The molecule has 0 unspecified atom stereocenters. The van der Waals surface area contributed by atoms with Crippen LogP contribution < -0.4 is 10.5 Å². The summed E-state index contributed by atoms with van der Waals surface area (Å²) in [7, 11) is 3.35. The predicted molar refractivity (Wildman–Crippen MR) is 80.0 cm³/mol. The van der Waals surface area contributed by atoms with Gasteiger partial charge in [-0.25, -0.2) is 0 Å². The van der Waals surface area contributed by atoms with Crippen LogP contribution in [0.1, 0.15) is 24.2 Å². The summed E-state index contributed by atoms with van der Waals surface area (Å²) < 4.78 is 5.20. The highest BCUT2D eigenvalue weighted by atomic mass is 35.5. The third kappa shape index (κ3) is 4.73. The van der Waals surface area contributed by atoms with E-state index in [1.54, 1.807) is 31.2 Å². The number of nitrogens with zero attached hydrogens (tertiary/aromatic N) is 1. The fourth-order valence-electron chi connectivity index (χ4n) is 1.81. The van der Waals surface area contributed by atoms with Gasteiger partial charge in [0, 0.05) is 13.6 Å². The number of methoxy groups -OCH3 is 1. The number of amides is 1. The summed E-state index contributed by atoms with van der Waals surface area (Å²) >= 11 is 0. The first kappa shape index (κ1) is 17.7. The molecule has 0 aliphatic heterocycles. The lowest BCUT2D eigenvalue weighted by Gasteiger charge is -2.29. The number of hydrogen-bond donors (Lipinski definition) is 1. The molecule has 108 valence electrons. The van der Waals surface area contributed by atoms with E-state index in [1.165, 1.54) is 0 Å². The van der Waals surface area contributed by atoms with Gasteiger partial charge in [0.25, 0.3) is 5.91 Å². The first-order valence-corrected chi connectivity index (χ1v) is 6.00. The summed E-state index contributed by atoms with van der Waals surface area (Å²) in [5.74, 6) is 0.550. The van der Waals surface area contributed by atoms with Gasteiger partial charge in [-0.1, -0.05) is 26.0 Å². The summed E-state index contributed by atoms with van der Waals surface area (Å²) in [6.07, 6.45) is 0. The van der Waals surface area contributed by atoms with Crippen LogP contribution in [0, 0.1) is 5.41 Å². The molecule has 19 heavy (non-hydrogen) atoms. The first-order chi connectivity index (χ1) is 8.41. The molecule has 1 amide bonds. The molecule has 0 heterocycles. The van der Waals surface area contributed by atoms with Crippen molar-refractivity contribution in [2.45, 2.75) is 13.8 Å². The van der Waals surface area contributed by atoms with Gasteiger partial charge in [-0.2, -0.15) is 0 Å². The Bertz CT molecular complexity index is 422. The number of nitrogens with two attached hydrogens (primary N) is 1. The lowest BCUT2D eigenvalue weighted by atomic mass is 9.93. The number of para-hydroxylation sites is 1. The summed E-state index contributed by atoms with van der Waals surface area (Å²) in [6, 6.07) is 7.24. The van der Waals surface area contributed by atoms with E-state index in [4.69, 9.17) is 10.5 Å². The van der Waals surface area contributed by atoms with E-state index in [2.05, 4.69) is 0 Å². The molecule has 0 aliphatic carbocycles. The summed E-state index contributed by atoms with van der Waals surface area (Å²) in [5, 5.41) is 0. The molecule has 0 atom stereocenters. The largest absolute Gasteiger partial charge is 0.496 e. The molecular formula is C14H23ClN2O2. The van der Waals surface area contributed by atoms with E-state index in [1.807, 2.05) is 26.0 Å². The Balaban J connectivity index is 0.00000324. The number of carbonyl (C=O) groups is 1. The molecule has 0 saturated carbocycles. The molecule has 1 rings (SSSR count). The zero-order valence-electron chi connectivity index (χ0n) is 12.0. The Kier molecular flexibility index (Phi) is 6.87. The van der Waals surface area contributed by atoms with Gasteiger partial charge in [0.15, 0.2) is 0 Å². The fraction of sp³-hybridized carbons (Fsp3) is 0.500. The minimum absolute atomic E-state index is 0. The Hall–Kier alpha value is -1.26. The third-order valence-electron chi connectivity index (χ3n) is 2.90. The second kappa shape index (κ2) is 7.36. The number of carbonyl (C=O) groups excluding carboxylic acids is 1. The molecule has 1 aromatic carbocycles. The van der Waals surface area contributed by atoms with E-state index in [9.17, 15) is 4.79 Å². The Morgan fingerprint density at radius 1 is 1.37 bits per heavy atom. The van der Waals surface area contributed by atoms with Crippen LogP contribution >= 0.6 is 12.4 Å². The summed E-state index contributed by atoms with van der Waals surface area (Å²) in [5.41, 5.74) is 6.17. The average Bonchev–Trinajstić information content (AvgIpc) is 2.37. The maximum Gasteiger partial charge on any atom is 0.257 e. The molecule has 1 aromatic rings. The molecule has 0 aromatic heterocycles. The topological polar surface area (TPSA) is 55.6 Å². The highest BCUT2D eigenvalue weighted by Gasteiger charge is 2.23. The molecule has 0 aliphatic rings. The van der Waals surface area contributed by atoms with E-state index in [0.717, 1.165) is 0 Å². The van der Waals surface area contributed by atoms with Gasteiger partial charge in [0.2, 0.25) is 0 Å². The van der Waals surface area contributed by atoms with Crippen LogP contribution in [0.15, 0.2) is 24.3 Å². The average molecular weight is 287 g/mol. The number of halogens is 1. The minimum Gasteiger partial charge on any atom is -0.496 e. The zero-order chi connectivity index (χ0) is 13.8. The second-order valence-corrected chi connectivity index (χ2v) is 5.23. The van der Waals surface area contributed by atoms with Crippen LogP contribution in [-0.2, 0) is 0 Å². The molecule has 5 heteroatoms. The molecule has 2 N–H and O–H groups in total. The van der Waals surface area contributed by atoms with Crippen LogP contribution in [0.25, 0.3) is 0 Å². The van der Waals surface area contributed by atoms with Crippen LogP contribution in [0.3, 0.4) is 0 Å². The Morgan fingerprint density at radius 2 is 1.95 bits per heavy atom. The van der Waals surface area contributed by atoms with Crippen molar-refractivity contribution in [1.29, 1.82) is 0 Å². The van der Waals surface area contributed by atoms with Gasteiger partial charge in [0.05, 0.1) is 12.7 Å². The van der Waals surface area contributed by atoms with Crippen molar-refractivity contribution >= 4 is 18.3 Å². The standard InChI is InChI=1S/C14H22N2O2.ClH/c1-14(2,9-15)10-16(3)13(17)11-7-5-6-8-12(11)18-4;/h5-8H,9-10,15H2,1-4H3;1H. The smallest absolute Gasteiger partial charge is 0.257 e. The SMILES string of the molecule is COc1ccccc1C(=O)N(C)CC(C)(C)CN.Cl. The number of benzene rings is 1. The van der Waals surface area contributed by atoms with E-state index < -0.39 is 0 Å². The molecular weight excluding hydrogens is 264 g/mol. The minimum atomic E-state index is -0.0908. The van der Waals surface area contributed by atoms with Gasteiger partial charge in [-0.05, 0) is 24.1 Å². The molecule has 0 fully saturated rings. The molecule has 0 bridgehead atoms. The van der Waals surface area contributed by atoms with Crippen LogP contribution in [0.5, 0.6) is 5.75 Å². The first-order valence-electron chi connectivity index (χ1n) is 6.00. The van der Waals surface area contributed by atoms with Gasteiger partial charge in [-0.15, -0.1) is 12.4 Å². The van der Waals surface area contributed by atoms with Crippen molar-refractivity contribution in [3.8, 4) is 5.75 Å². The molecule has 4 nitrogen and oxygen atoms in total. The number of ether oxygens (including phenoxy) is 1. The van der Waals surface area contributed by atoms with Crippen molar-refractivity contribution < 1.29 is 9.53 Å². The van der Waals surface area contributed by atoms with Crippen molar-refractivity contribution in [2.24, 2.45) is 11.1 Å². The Morgan fingerprint density at radius 3 is 2.47 bits per heavy atom.